The second kappa shape index (κ2) is 5.67. The molecular weight excluding hydrogens is 318 g/mol. The molecule has 0 bridgehead atoms. The summed E-state index contributed by atoms with van der Waals surface area (Å²) in [5.41, 5.74) is 0.449. The van der Waals surface area contributed by atoms with Gasteiger partial charge in [-0.3, -0.25) is 0 Å². The van der Waals surface area contributed by atoms with E-state index in [1.54, 1.807) is 13.0 Å². The Morgan fingerprint density at radius 2 is 1.89 bits per heavy atom. The molecule has 0 amide bonds. The van der Waals surface area contributed by atoms with Crippen LogP contribution < -0.4 is 4.74 Å². The maximum Gasteiger partial charge on any atom is 0.166 e. The zero-order valence-electron chi connectivity index (χ0n) is 10.0. The van der Waals surface area contributed by atoms with Crippen molar-refractivity contribution in [3.05, 3.63) is 58.1 Å². The summed E-state index contributed by atoms with van der Waals surface area (Å²) in [5.74, 6) is -0.929. The van der Waals surface area contributed by atoms with Crippen LogP contribution in [0.25, 0.3) is 0 Å². The van der Waals surface area contributed by atoms with Gasteiger partial charge in [0.1, 0.15) is 11.6 Å². The number of ether oxygens (including phenoxy) is 1. The van der Waals surface area contributed by atoms with E-state index in [0.717, 1.165) is 6.07 Å². The Balaban J connectivity index is 2.28. The molecule has 1 N–H and O–H groups in total. The summed E-state index contributed by atoms with van der Waals surface area (Å²) < 4.78 is 32.7. The van der Waals surface area contributed by atoms with Gasteiger partial charge >= 0.3 is 0 Å². The SMILES string of the molecule is CC(O)c1ccc(Oc2cc(F)cc(Br)c2)c(F)c1. The van der Waals surface area contributed by atoms with E-state index in [2.05, 4.69) is 15.9 Å². The zero-order valence-corrected chi connectivity index (χ0v) is 11.6. The first-order valence-electron chi connectivity index (χ1n) is 5.57. The van der Waals surface area contributed by atoms with Crippen molar-refractivity contribution in [2.45, 2.75) is 13.0 Å². The molecule has 0 aliphatic heterocycles. The second-order valence-electron chi connectivity index (χ2n) is 4.07. The second-order valence-corrected chi connectivity index (χ2v) is 4.99. The smallest absolute Gasteiger partial charge is 0.166 e. The van der Waals surface area contributed by atoms with Gasteiger partial charge in [-0.25, -0.2) is 8.78 Å². The summed E-state index contributed by atoms with van der Waals surface area (Å²) in [6, 6.07) is 8.11. The van der Waals surface area contributed by atoms with Crippen LogP contribution in [0.2, 0.25) is 0 Å². The van der Waals surface area contributed by atoms with Crippen LogP contribution in [0.15, 0.2) is 40.9 Å². The van der Waals surface area contributed by atoms with Crippen LogP contribution in [0.3, 0.4) is 0 Å². The van der Waals surface area contributed by atoms with Crippen LogP contribution in [0, 0.1) is 11.6 Å². The maximum absolute atomic E-state index is 13.8. The van der Waals surface area contributed by atoms with Crippen molar-refractivity contribution >= 4 is 15.9 Å². The Labute approximate surface area is 117 Å². The number of rotatable bonds is 3. The summed E-state index contributed by atoms with van der Waals surface area (Å²) in [6.45, 7) is 1.54. The lowest BCUT2D eigenvalue weighted by Gasteiger charge is -2.10. The van der Waals surface area contributed by atoms with E-state index in [1.807, 2.05) is 0 Å². The van der Waals surface area contributed by atoms with Crippen LogP contribution in [0.1, 0.15) is 18.6 Å². The highest BCUT2D eigenvalue weighted by Crippen LogP contribution is 2.29. The molecule has 0 saturated heterocycles. The van der Waals surface area contributed by atoms with Gasteiger partial charge in [0.05, 0.1) is 6.10 Å². The van der Waals surface area contributed by atoms with Crippen LogP contribution in [0.5, 0.6) is 11.5 Å². The van der Waals surface area contributed by atoms with Gasteiger partial charge in [-0.05, 0) is 36.8 Å². The summed E-state index contributed by atoms with van der Waals surface area (Å²) in [5, 5.41) is 9.34. The molecule has 2 aromatic carbocycles. The third-order valence-corrected chi connectivity index (χ3v) is 2.96. The molecule has 2 aromatic rings. The molecule has 0 saturated carbocycles. The first-order valence-corrected chi connectivity index (χ1v) is 6.36. The topological polar surface area (TPSA) is 29.5 Å². The number of hydrogen-bond acceptors (Lipinski definition) is 2. The Morgan fingerprint density at radius 3 is 2.47 bits per heavy atom. The van der Waals surface area contributed by atoms with Crippen molar-refractivity contribution in [3.63, 3.8) is 0 Å². The molecule has 100 valence electrons. The highest BCUT2D eigenvalue weighted by molar-refractivity contribution is 9.10. The van der Waals surface area contributed by atoms with Crippen LogP contribution in [-0.4, -0.2) is 5.11 Å². The third-order valence-electron chi connectivity index (χ3n) is 2.50. The van der Waals surface area contributed by atoms with E-state index in [0.29, 0.717) is 10.0 Å². The van der Waals surface area contributed by atoms with E-state index in [-0.39, 0.29) is 11.5 Å². The molecule has 2 nitrogen and oxygen atoms in total. The summed E-state index contributed by atoms with van der Waals surface area (Å²) in [4.78, 5) is 0. The molecule has 0 aliphatic rings. The lowest BCUT2D eigenvalue weighted by Crippen LogP contribution is -1.95. The molecule has 5 heteroatoms. The van der Waals surface area contributed by atoms with Crippen molar-refractivity contribution in [1.82, 2.24) is 0 Å². The van der Waals surface area contributed by atoms with Crippen LogP contribution >= 0.6 is 15.9 Å². The first-order chi connectivity index (χ1) is 8.95. The minimum atomic E-state index is -0.758. The number of aliphatic hydroxyl groups is 1. The first kappa shape index (κ1) is 14.0. The minimum Gasteiger partial charge on any atom is -0.454 e. The number of aliphatic hydroxyl groups excluding tert-OH is 1. The summed E-state index contributed by atoms with van der Waals surface area (Å²) in [6.07, 6.45) is -0.758. The normalized spacial score (nSPS) is 12.3. The largest absolute Gasteiger partial charge is 0.454 e. The highest BCUT2D eigenvalue weighted by atomic mass is 79.9. The molecule has 19 heavy (non-hydrogen) atoms. The van der Waals surface area contributed by atoms with E-state index < -0.39 is 17.7 Å². The van der Waals surface area contributed by atoms with Crippen LogP contribution in [0.4, 0.5) is 8.78 Å². The van der Waals surface area contributed by atoms with Gasteiger partial charge in [0.2, 0.25) is 0 Å². The quantitative estimate of drug-likeness (QED) is 0.894. The minimum absolute atomic E-state index is 0.0260. The summed E-state index contributed by atoms with van der Waals surface area (Å²) in [7, 11) is 0. The highest BCUT2D eigenvalue weighted by Gasteiger charge is 2.09. The molecule has 0 spiro atoms. The predicted molar refractivity (Wildman–Crippen MR) is 71.2 cm³/mol. The Bertz CT molecular complexity index is 580. The lowest BCUT2D eigenvalue weighted by atomic mass is 10.1. The number of hydrogen-bond donors (Lipinski definition) is 1. The molecular formula is C14H11BrF2O2. The molecule has 1 atom stereocenters. The average Bonchev–Trinajstić information content (AvgIpc) is 2.30. The fourth-order valence-corrected chi connectivity index (χ4v) is 2.02. The van der Waals surface area contributed by atoms with Crippen molar-refractivity contribution in [3.8, 4) is 11.5 Å². The molecule has 1 unspecified atom stereocenters. The molecule has 2 rings (SSSR count). The Kier molecular flexibility index (Phi) is 4.17. The average molecular weight is 329 g/mol. The van der Waals surface area contributed by atoms with Gasteiger partial charge in [0.15, 0.2) is 11.6 Å². The van der Waals surface area contributed by atoms with E-state index in [4.69, 9.17) is 4.74 Å². The molecule has 0 radical (unpaired) electrons. The van der Waals surface area contributed by atoms with Crippen molar-refractivity contribution in [2.75, 3.05) is 0 Å². The predicted octanol–water partition coefficient (Wildman–Crippen LogP) is 4.57. The standard InChI is InChI=1S/C14H11BrF2O2/c1-8(18)9-2-3-14(13(17)4-9)19-12-6-10(15)5-11(16)7-12/h2-8,18H,1H3. The maximum atomic E-state index is 13.8. The molecule has 0 aromatic heterocycles. The van der Waals surface area contributed by atoms with Gasteiger partial charge in [-0.1, -0.05) is 22.0 Å². The van der Waals surface area contributed by atoms with Crippen molar-refractivity contribution in [2.24, 2.45) is 0 Å². The summed E-state index contributed by atoms with van der Waals surface area (Å²) >= 11 is 3.13. The zero-order chi connectivity index (χ0) is 14.0. The van der Waals surface area contributed by atoms with E-state index in [9.17, 15) is 13.9 Å². The Morgan fingerprint density at radius 1 is 1.16 bits per heavy atom. The third kappa shape index (κ3) is 3.52. The monoisotopic (exact) mass is 328 g/mol. The Hall–Kier alpha value is -1.46. The number of benzene rings is 2. The van der Waals surface area contributed by atoms with Crippen molar-refractivity contribution in [1.29, 1.82) is 0 Å². The molecule has 0 aliphatic carbocycles. The van der Waals surface area contributed by atoms with E-state index >= 15 is 0 Å². The van der Waals surface area contributed by atoms with E-state index in [1.165, 1.54) is 24.3 Å². The van der Waals surface area contributed by atoms with Gasteiger partial charge in [0.25, 0.3) is 0 Å². The van der Waals surface area contributed by atoms with Crippen molar-refractivity contribution < 1.29 is 18.6 Å². The fourth-order valence-electron chi connectivity index (χ4n) is 1.57. The van der Waals surface area contributed by atoms with Gasteiger partial charge in [-0.15, -0.1) is 0 Å². The fraction of sp³-hybridized carbons (Fsp3) is 0.143. The van der Waals surface area contributed by atoms with Gasteiger partial charge in [0, 0.05) is 10.5 Å². The number of halogens is 3. The molecule has 0 heterocycles. The van der Waals surface area contributed by atoms with Crippen LogP contribution in [-0.2, 0) is 0 Å². The molecule has 0 fully saturated rings. The van der Waals surface area contributed by atoms with Gasteiger partial charge in [-0.2, -0.15) is 0 Å². The lowest BCUT2D eigenvalue weighted by molar-refractivity contribution is 0.198. The van der Waals surface area contributed by atoms with Gasteiger partial charge < -0.3 is 9.84 Å².